The Hall–Kier alpha value is -5.86. The molecule has 0 atom stereocenters. The van der Waals surface area contributed by atoms with Crippen molar-refractivity contribution in [1.29, 1.82) is 0 Å². The van der Waals surface area contributed by atoms with Gasteiger partial charge in [-0.15, -0.1) is 0 Å². The smallest absolute Gasteiger partial charge is 0.131 e. The third-order valence-corrected chi connectivity index (χ3v) is 9.94. The number of halogens is 2. The fraction of sp³-hybridized carbons (Fsp3) is 0.0435. The molecule has 0 saturated heterocycles. The van der Waals surface area contributed by atoms with E-state index in [0.717, 1.165) is 51.1 Å². The summed E-state index contributed by atoms with van der Waals surface area (Å²) in [6.45, 7) is 0. The highest BCUT2D eigenvalue weighted by molar-refractivity contribution is 6.19. The van der Waals surface area contributed by atoms with Crippen molar-refractivity contribution in [2.45, 2.75) is 12.8 Å². The van der Waals surface area contributed by atoms with Crippen LogP contribution in [0.15, 0.2) is 158 Å². The van der Waals surface area contributed by atoms with Crippen LogP contribution in [0.25, 0.3) is 76.5 Å². The van der Waals surface area contributed by atoms with E-state index < -0.39 is 0 Å². The van der Waals surface area contributed by atoms with Crippen LogP contribution in [-0.4, -0.2) is 0 Å². The Morgan fingerprint density at radius 2 is 0.688 bits per heavy atom. The van der Waals surface area contributed by atoms with Crippen molar-refractivity contribution in [2.24, 2.45) is 0 Å². The van der Waals surface area contributed by atoms with Gasteiger partial charge in [0.25, 0.3) is 0 Å². The summed E-state index contributed by atoms with van der Waals surface area (Å²) in [6, 6.07) is 48.4. The number of rotatable bonds is 4. The summed E-state index contributed by atoms with van der Waals surface area (Å²) in [6.07, 6.45) is 5.88. The van der Waals surface area contributed by atoms with E-state index in [1.807, 2.05) is 72.8 Å². The second kappa shape index (κ2) is 11.4. The van der Waals surface area contributed by atoms with Crippen molar-refractivity contribution in [3.8, 4) is 22.3 Å². The lowest BCUT2D eigenvalue weighted by atomic mass is 9.82. The van der Waals surface area contributed by atoms with Gasteiger partial charge in [-0.05, 0) is 101 Å². The van der Waals surface area contributed by atoms with E-state index in [1.165, 1.54) is 38.2 Å². The molecule has 0 saturated carbocycles. The number of hydrogen-bond acceptors (Lipinski definition) is 0. The molecular weight excluding hydrogens is 591 g/mol. The average Bonchev–Trinajstić information content (AvgIpc) is 3.14. The molecule has 8 aromatic carbocycles. The van der Waals surface area contributed by atoms with Gasteiger partial charge >= 0.3 is 0 Å². The van der Waals surface area contributed by atoms with Crippen molar-refractivity contribution in [3.05, 3.63) is 181 Å². The van der Waals surface area contributed by atoms with Crippen molar-refractivity contribution >= 4 is 54.2 Å². The van der Waals surface area contributed by atoms with E-state index in [-0.39, 0.29) is 11.6 Å². The van der Waals surface area contributed by atoms with Crippen LogP contribution in [-0.2, 0) is 0 Å². The zero-order chi connectivity index (χ0) is 32.2. The fourth-order valence-electron chi connectivity index (χ4n) is 7.75. The van der Waals surface area contributed by atoms with E-state index in [4.69, 9.17) is 0 Å². The van der Waals surface area contributed by atoms with Gasteiger partial charge in [0.1, 0.15) is 11.6 Å². The van der Waals surface area contributed by atoms with Gasteiger partial charge in [0.2, 0.25) is 0 Å². The lowest BCUT2D eigenvalue weighted by molar-refractivity contribution is 0.625. The number of hydrogen-bond donors (Lipinski definition) is 0. The van der Waals surface area contributed by atoms with Gasteiger partial charge in [-0.2, -0.15) is 0 Å². The van der Waals surface area contributed by atoms with Crippen molar-refractivity contribution < 1.29 is 8.78 Å². The maximum absolute atomic E-state index is 15.3. The number of allylic oxidation sites excluding steroid dienone is 4. The minimum absolute atomic E-state index is 0.175. The maximum atomic E-state index is 15.3. The molecule has 0 unspecified atom stereocenters. The summed E-state index contributed by atoms with van der Waals surface area (Å²) in [5.74, 6) is -0.394. The van der Waals surface area contributed by atoms with Gasteiger partial charge < -0.3 is 0 Å². The molecule has 0 radical (unpaired) electrons. The molecule has 0 fully saturated rings. The first kappa shape index (κ1) is 28.4. The second-order valence-electron chi connectivity index (χ2n) is 12.6. The van der Waals surface area contributed by atoms with E-state index >= 15 is 8.78 Å². The summed E-state index contributed by atoms with van der Waals surface area (Å²) >= 11 is 0. The van der Waals surface area contributed by atoms with Crippen molar-refractivity contribution in [1.82, 2.24) is 0 Å². The molecule has 0 aliphatic heterocycles. The van der Waals surface area contributed by atoms with Gasteiger partial charge in [-0.3, -0.25) is 0 Å². The van der Waals surface area contributed by atoms with E-state index in [2.05, 4.69) is 72.8 Å². The topological polar surface area (TPSA) is 0 Å². The first-order chi connectivity index (χ1) is 23.7. The Balaban J connectivity index is 1.20. The Labute approximate surface area is 277 Å². The zero-order valence-corrected chi connectivity index (χ0v) is 26.2. The lowest BCUT2D eigenvalue weighted by Gasteiger charge is -2.22. The van der Waals surface area contributed by atoms with Crippen LogP contribution in [0, 0.1) is 11.6 Å². The molecule has 0 heterocycles. The SMILES string of the molecule is Fc1ccc2ccccc2c1C1=CC=C(c2c3ccccc3c(-c3ccc(-c4c(F)ccc5ccccc45)cc3)c3ccccc23)CC1. The average molecular weight is 621 g/mol. The third-order valence-electron chi connectivity index (χ3n) is 9.94. The summed E-state index contributed by atoms with van der Waals surface area (Å²) in [5.41, 5.74) is 7.96. The Kier molecular flexibility index (Phi) is 6.76. The molecule has 1 aliphatic carbocycles. The number of benzene rings is 8. The molecule has 1 aliphatic rings. The highest BCUT2D eigenvalue weighted by atomic mass is 19.1. The molecule has 8 aromatic rings. The quantitative estimate of drug-likeness (QED) is 0.172. The molecule has 0 N–H and O–H groups in total. The van der Waals surface area contributed by atoms with Crippen LogP contribution in [0.3, 0.4) is 0 Å². The molecule has 48 heavy (non-hydrogen) atoms. The molecular formula is C46H30F2. The van der Waals surface area contributed by atoms with Gasteiger partial charge in [0.05, 0.1) is 0 Å². The molecule has 2 heteroatoms. The Morgan fingerprint density at radius 3 is 1.19 bits per heavy atom. The number of fused-ring (bicyclic) bond motifs is 4. The Morgan fingerprint density at radius 1 is 0.312 bits per heavy atom. The molecule has 228 valence electrons. The first-order valence-electron chi connectivity index (χ1n) is 16.4. The van der Waals surface area contributed by atoms with E-state index in [1.54, 1.807) is 12.1 Å². The first-order valence-corrected chi connectivity index (χ1v) is 16.4. The summed E-state index contributed by atoms with van der Waals surface area (Å²) in [7, 11) is 0. The summed E-state index contributed by atoms with van der Waals surface area (Å²) in [4.78, 5) is 0. The van der Waals surface area contributed by atoms with Crippen molar-refractivity contribution in [3.63, 3.8) is 0 Å². The van der Waals surface area contributed by atoms with Gasteiger partial charge in [-0.25, -0.2) is 8.78 Å². The van der Waals surface area contributed by atoms with Crippen LogP contribution in [0.1, 0.15) is 24.0 Å². The van der Waals surface area contributed by atoms with Crippen LogP contribution >= 0.6 is 0 Å². The lowest BCUT2D eigenvalue weighted by Crippen LogP contribution is -1.99. The second-order valence-corrected chi connectivity index (χ2v) is 12.6. The fourth-order valence-corrected chi connectivity index (χ4v) is 7.75. The van der Waals surface area contributed by atoms with Crippen LogP contribution < -0.4 is 0 Å². The largest absolute Gasteiger partial charge is 0.206 e. The van der Waals surface area contributed by atoms with Crippen LogP contribution in [0.2, 0.25) is 0 Å². The highest BCUT2D eigenvalue weighted by Gasteiger charge is 2.21. The molecule has 0 bridgehead atoms. The Bertz CT molecular complexity index is 2570. The predicted octanol–water partition coefficient (Wildman–Crippen LogP) is 13.2. The molecule has 9 rings (SSSR count). The normalized spacial score (nSPS) is 13.3. The van der Waals surface area contributed by atoms with Gasteiger partial charge in [0.15, 0.2) is 0 Å². The highest BCUT2D eigenvalue weighted by Crippen LogP contribution is 2.45. The molecule has 0 nitrogen and oxygen atoms in total. The maximum Gasteiger partial charge on any atom is 0.131 e. The minimum atomic E-state index is -0.220. The van der Waals surface area contributed by atoms with Gasteiger partial charge in [0, 0.05) is 11.1 Å². The monoisotopic (exact) mass is 620 g/mol. The predicted molar refractivity (Wildman–Crippen MR) is 199 cm³/mol. The molecule has 0 aromatic heterocycles. The van der Waals surface area contributed by atoms with Crippen molar-refractivity contribution in [2.75, 3.05) is 0 Å². The summed E-state index contributed by atoms with van der Waals surface area (Å²) < 4.78 is 30.5. The minimum Gasteiger partial charge on any atom is -0.206 e. The van der Waals surface area contributed by atoms with Crippen LogP contribution in [0.5, 0.6) is 0 Å². The third kappa shape index (κ3) is 4.56. The van der Waals surface area contributed by atoms with E-state index in [9.17, 15) is 0 Å². The van der Waals surface area contributed by atoms with Gasteiger partial charge in [-0.1, -0.05) is 146 Å². The van der Waals surface area contributed by atoms with E-state index in [0.29, 0.717) is 11.1 Å². The standard InChI is InChI=1S/C46H30F2/c47-41-27-25-29-9-1-3-11-35(29)45(41)33-21-17-31(18-22-33)43-37-13-5-7-15-39(37)44(40-16-8-6-14-38(40)43)32-19-23-34(24-20-32)46-36-12-4-2-10-30(36)26-28-42(46)48/h1-19,21-23,25-28H,20,24H2. The summed E-state index contributed by atoms with van der Waals surface area (Å²) in [5, 5.41) is 8.66. The van der Waals surface area contributed by atoms with Crippen LogP contribution in [0.4, 0.5) is 8.78 Å². The zero-order valence-electron chi connectivity index (χ0n) is 26.2. The molecule has 0 amide bonds. The molecule has 0 spiro atoms.